The summed E-state index contributed by atoms with van der Waals surface area (Å²) in [6.45, 7) is 4.57. The van der Waals surface area contributed by atoms with Crippen molar-refractivity contribution in [2.75, 3.05) is 19.6 Å². The van der Waals surface area contributed by atoms with Gasteiger partial charge in [-0.1, -0.05) is 0 Å². The lowest BCUT2D eigenvalue weighted by atomic mass is 10.1. The number of carbonyl (C=O) groups is 2. The molecule has 1 fully saturated rings. The molecular formula is C14H22N4O2. The number of likely N-dealkylation sites (tertiary alicyclic amines) is 1. The van der Waals surface area contributed by atoms with Crippen molar-refractivity contribution in [2.24, 2.45) is 5.92 Å². The molecule has 110 valence electrons. The minimum Gasteiger partial charge on any atom is -0.356 e. The number of aryl methyl sites for hydroxylation is 1. The van der Waals surface area contributed by atoms with Crippen molar-refractivity contribution in [2.45, 2.75) is 32.7 Å². The summed E-state index contributed by atoms with van der Waals surface area (Å²) < 4.78 is 1.83. The minimum atomic E-state index is -0.0370. The van der Waals surface area contributed by atoms with Gasteiger partial charge < -0.3 is 10.2 Å². The Morgan fingerprint density at radius 2 is 2.30 bits per heavy atom. The van der Waals surface area contributed by atoms with E-state index in [0.717, 1.165) is 19.4 Å². The molecule has 1 aromatic rings. The molecule has 6 nitrogen and oxygen atoms in total. The summed E-state index contributed by atoms with van der Waals surface area (Å²) in [5.74, 6) is 0.174. The molecule has 6 heteroatoms. The van der Waals surface area contributed by atoms with Gasteiger partial charge in [-0.25, -0.2) is 0 Å². The Morgan fingerprint density at radius 1 is 1.45 bits per heavy atom. The van der Waals surface area contributed by atoms with Crippen LogP contribution in [0.4, 0.5) is 0 Å². The van der Waals surface area contributed by atoms with Gasteiger partial charge in [0.15, 0.2) is 0 Å². The van der Waals surface area contributed by atoms with Gasteiger partial charge in [-0.05, 0) is 25.8 Å². The number of carbonyl (C=O) groups excluding carboxylic acids is 2. The van der Waals surface area contributed by atoms with Gasteiger partial charge in [0.05, 0.1) is 5.92 Å². The molecular weight excluding hydrogens is 256 g/mol. The Morgan fingerprint density at radius 3 is 3.00 bits per heavy atom. The van der Waals surface area contributed by atoms with Crippen LogP contribution in [-0.2, 0) is 16.1 Å². The largest absolute Gasteiger partial charge is 0.356 e. The zero-order valence-electron chi connectivity index (χ0n) is 11.9. The van der Waals surface area contributed by atoms with Crippen LogP contribution in [-0.4, -0.2) is 46.1 Å². The third-order valence-electron chi connectivity index (χ3n) is 3.60. The number of amides is 2. The summed E-state index contributed by atoms with van der Waals surface area (Å²) in [6, 6.07) is 1.87. The molecule has 2 amide bonds. The fraction of sp³-hybridized carbons (Fsp3) is 0.643. The van der Waals surface area contributed by atoms with Gasteiger partial charge in [-0.3, -0.25) is 14.3 Å². The minimum absolute atomic E-state index is 0.0370. The molecule has 1 saturated heterocycles. The molecule has 1 N–H and O–H groups in total. The molecule has 1 atom stereocenters. The first-order valence-corrected chi connectivity index (χ1v) is 7.23. The molecule has 0 spiro atoms. The van der Waals surface area contributed by atoms with Gasteiger partial charge >= 0.3 is 0 Å². The third-order valence-corrected chi connectivity index (χ3v) is 3.60. The Hall–Kier alpha value is -1.85. The molecule has 0 aliphatic carbocycles. The van der Waals surface area contributed by atoms with Gasteiger partial charge in [-0.15, -0.1) is 0 Å². The summed E-state index contributed by atoms with van der Waals surface area (Å²) in [7, 11) is 0. The lowest BCUT2D eigenvalue weighted by molar-refractivity contribution is -0.130. The van der Waals surface area contributed by atoms with Crippen molar-refractivity contribution in [1.82, 2.24) is 20.0 Å². The van der Waals surface area contributed by atoms with Gasteiger partial charge in [0, 0.05) is 45.0 Å². The first-order valence-electron chi connectivity index (χ1n) is 7.23. The van der Waals surface area contributed by atoms with Gasteiger partial charge in [0.1, 0.15) is 0 Å². The number of rotatable bonds is 6. The first kappa shape index (κ1) is 14.6. The predicted octanol–water partition coefficient (Wildman–Crippen LogP) is 0.648. The maximum Gasteiger partial charge on any atom is 0.224 e. The average Bonchev–Trinajstić information content (AvgIpc) is 3.10. The van der Waals surface area contributed by atoms with Crippen molar-refractivity contribution in [1.29, 1.82) is 0 Å². The van der Waals surface area contributed by atoms with E-state index >= 15 is 0 Å². The molecule has 0 saturated carbocycles. The van der Waals surface area contributed by atoms with Crippen LogP contribution in [0.5, 0.6) is 0 Å². The van der Waals surface area contributed by atoms with Crippen LogP contribution >= 0.6 is 0 Å². The average molecular weight is 278 g/mol. The summed E-state index contributed by atoms with van der Waals surface area (Å²) in [6.07, 6.45) is 5.70. The van der Waals surface area contributed by atoms with E-state index in [9.17, 15) is 9.59 Å². The van der Waals surface area contributed by atoms with Crippen molar-refractivity contribution >= 4 is 11.8 Å². The quantitative estimate of drug-likeness (QED) is 0.830. The van der Waals surface area contributed by atoms with Crippen LogP contribution in [0.3, 0.4) is 0 Å². The van der Waals surface area contributed by atoms with Gasteiger partial charge in [0.25, 0.3) is 0 Å². The van der Waals surface area contributed by atoms with Crippen molar-refractivity contribution < 1.29 is 9.59 Å². The highest BCUT2D eigenvalue weighted by Gasteiger charge is 2.30. The maximum absolute atomic E-state index is 12.1. The van der Waals surface area contributed by atoms with Crippen LogP contribution < -0.4 is 5.32 Å². The van der Waals surface area contributed by atoms with E-state index in [-0.39, 0.29) is 17.7 Å². The summed E-state index contributed by atoms with van der Waals surface area (Å²) >= 11 is 0. The number of aromatic nitrogens is 2. The Balaban J connectivity index is 1.70. The summed E-state index contributed by atoms with van der Waals surface area (Å²) in [5, 5.41) is 6.93. The Labute approximate surface area is 119 Å². The van der Waals surface area contributed by atoms with E-state index in [2.05, 4.69) is 10.4 Å². The van der Waals surface area contributed by atoms with Crippen LogP contribution in [0, 0.1) is 5.92 Å². The fourth-order valence-corrected chi connectivity index (χ4v) is 2.50. The topological polar surface area (TPSA) is 67.2 Å². The number of hydrogen-bond acceptors (Lipinski definition) is 3. The predicted molar refractivity (Wildman–Crippen MR) is 74.8 cm³/mol. The molecule has 2 rings (SSSR count). The normalized spacial score (nSPS) is 18.2. The maximum atomic E-state index is 12.1. The van der Waals surface area contributed by atoms with Crippen molar-refractivity contribution in [3.05, 3.63) is 18.5 Å². The van der Waals surface area contributed by atoms with Crippen LogP contribution in [0.1, 0.15) is 26.2 Å². The lowest BCUT2D eigenvalue weighted by Gasteiger charge is -2.16. The zero-order valence-corrected chi connectivity index (χ0v) is 11.9. The molecule has 1 aliphatic rings. The fourth-order valence-electron chi connectivity index (χ4n) is 2.50. The second kappa shape index (κ2) is 7.07. The molecule has 1 aromatic heterocycles. The molecule has 0 unspecified atom stereocenters. The molecule has 0 bridgehead atoms. The van der Waals surface area contributed by atoms with E-state index in [1.54, 1.807) is 6.20 Å². The van der Waals surface area contributed by atoms with Crippen LogP contribution in [0.2, 0.25) is 0 Å². The van der Waals surface area contributed by atoms with Gasteiger partial charge in [0.2, 0.25) is 11.8 Å². The van der Waals surface area contributed by atoms with Crippen LogP contribution in [0.15, 0.2) is 18.5 Å². The third kappa shape index (κ3) is 3.82. The van der Waals surface area contributed by atoms with Crippen molar-refractivity contribution in [3.63, 3.8) is 0 Å². The molecule has 0 aromatic carbocycles. The first-order chi connectivity index (χ1) is 9.70. The zero-order chi connectivity index (χ0) is 14.4. The standard InChI is InChI=1S/C14H22N4O2/c1-2-15-14(20)12-6-10-17(11-12)13(19)5-3-8-18-9-4-7-16-18/h4,7,9,12H,2-3,5-6,8,10-11H2,1H3,(H,15,20)/t12-/m1/s1. The molecule has 20 heavy (non-hydrogen) atoms. The van der Waals surface area contributed by atoms with E-state index in [1.165, 1.54) is 0 Å². The Bertz CT molecular complexity index is 444. The summed E-state index contributed by atoms with van der Waals surface area (Å²) in [5.41, 5.74) is 0. The monoisotopic (exact) mass is 278 g/mol. The smallest absolute Gasteiger partial charge is 0.224 e. The second-order valence-corrected chi connectivity index (χ2v) is 5.09. The SMILES string of the molecule is CCNC(=O)[C@@H]1CCN(C(=O)CCCn2cccn2)C1. The molecule has 1 aliphatic heterocycles. The summed E-state index contributed by atoms with van der Waals surface area (Å²) in [4.78, 5) is 25.6. The highest BCUT2D eigenvalue weighted by atomic mass is 16.2. The molecule has 2 heterocycles. The lowest BCUT2D eigenvalue weighted by Crippen LogP contribution is -2.34. The van der Waals surface area contributed by atoms with E-state index in [4.69, 9.17) is 0 Å². The van der Waals surface area contributed by atoms with E-state index < -0.39 is 0 Å². The Kier molecular flexibility index (Phi) is 5.15. The number of nitrogens with zero attached hydrogens (tertiary/aromatic N) is 3. The highest BCUT2D eigenvalue weighted by Crippen LogP contribution is 2.17. The van der Waals surface area contributed by atoms with Crippen molar-refractivity contribution in [3.8, 4) is 0 Å². The van der Waals surface area contributed by atoms with E-state index in [1.807, 2.05) is 28.8 Å². The van der Waals surface area contributed by atoms with E-state index in [0.29, 0.717) is 26.1 Å². The second-order valence-electron chi connectivity index (χ2n) is 5.09. The highest BCUT2D eigenvalue weighted by molar-refractivity contribution is 5.82. The van der Waals surface area contributed by atoms with Gasteiger partial charge in [-0.2, -0.15) is 5.10 Å². The number of hydrogen-bond donors (Lipinski definition) is 1. The molecule has 0 radical (unpaired) electrons. The van der Waals surface area contributed by atoms with Crippen LogP contribution in [0.25, 0.3) is 0 Å². The number of nitrogens with one attached hydrogen (secondary N) is 1.